The number of amides is 1. The minimum absolute atomic E-state index is 0.0130. The van der Waals surface area contributed by atoms with Gasteiger partial charge in [0.05, 0.1) is 24.1 Å². The first-order valence-corrected chi connectivity index (χ1v) is 9.78. The molecule has 1 amide bonds. The van der Waals surface area contributed by atoms with Crippen LogP contribution in [0.5, 0.6) is 0 Å². The molecule has 2 aromatic heterocycles. The van der Waals surface area contributed by atoms with Crippen LogP contribution in [0.15, 0.2) is 54.9 Å². The zero-order chi connectivity index (χ0) is 19.5. The highest BCUT2D eigenvalue weighted by molar-refractivity contribution is 5.90. The molecule has 6 heteroatoms. The zero-order valence-electron chi connectivity index (χ0n) is 16.3. The van der Waals surface area contributed by atoms with Gasteiger partial charge in [-0.2, -0.15) is 0 Å². The summed E-state index contributed by atoms with van der Waals surface area (Å²) < 4.78 is 7.88. The van der Waals surface area contributed by atoms with Crippen molar-refractivity contribution in [3.63, 3.8) is 0 Å². The predicted molar refractivity (Wildman–Crippen MR) is 112 cm³/mol. The second-order valence-electron chi connectivity index (χ2n) is 7.43. The Morgan fingerprint density at radius 3 is 2.68 bits per heavy atom. The number of carbonyl (C=O) groups is 1. The molecule has 3 aromatic rings. The summed E-state index contributed by atoms with van der Waals surface area (Å²) in [6.45, 7) is 6.45. The smallest absolute Gasteiger partial charge is 0.226 e. The van der Waals surface area contributed by atoms with Gasteiger partial charge < -0.3 is 19.5 Å². The lowest BCUT2D eigenvalue weighted by molar-refractivity contribution is -0.116. The molecule has 1 fully saturated rings. The summed E-state index contributed by atoms with van der Waals surface area (Å²) >= 11 is 0. The van der Waals surface area contributed by atoms with Crippen LogP contribution in [0.3, 0.4) is 0 Å². The number of benzene rings is 1. The van der Waals surface area contributed by atoms with Crippen molar-refractivity contribution in [1.29, 1.82) is 0 Å². The van der Waals surface area contributed by atoms with Crippen molar-refractivity contribution in [3.8, 4) is 0 Å². The van der Waals surface area contributed by atoms with Crippen molar-refractivity contribution in [2.45, 2.75) is 39.0 Å². The number of morpholine rings is 1. The third kappa shape index (κ3) is 4.17. The van der Waals surface area contributed by atoms with Crippen LogP contribution in [0.1, 0.15) is 20.3 Å². The number of nitrogens with one attached hydrogen (secondary N) is 1. The molecule has 1 aliphatic rings. The maximum absolute atomic E-state index is 12.3. The van der Waals surface area contributed by atoms with E-state index in [2.05, 4.69) is 51.8 Å². The Morgan fingerprint density at radius 1 is 1.14 bits per heavy atom. The van der Waals surface area contributed by atoms with Crippen LogP contribution in [0.4, 0.5) is 11.5 Å². The number of anilines is 2. The molecule has 1 aliphatic heterocycles. The van der Waals surface area contributed by atoms with Crippen molar-refractivity contribution in [2.75, 3.05) is 23.3 Å². The van der Waals surface area contributed by atoms with E-state index in [1.807, 2.05) is 30.5 Å². The van der Waals surface area contributed by atoms with E-state index < -0.39 is 0 Å². The molecule has 146 valence electrons. The minimum Gasteiger partial charge on any atom is -0.372 e. The Balaban J connectivity index is 1.33. The number of fused-ring (bicyclic) bond motifs is 1. The Labute approximate surface area is 165 Å². The van der Waals surface area contributed by atoms with E-state index in [0.717, 1.165) is 30.1 Å². The van der Waals surface area contributed by atoms with E-state index in [1.165, 1.54) is 5.39 Å². The van der Waals surface area contributed by atoms with E-state index in [1.54, 1.807) is 6.20 Å². The number of hydrogen-bond acceptors (Lipinski definition) is 4. The lowest BCUT2D eigenvalue weighted by Crippen LogP contribution is -2.45. The van der Waals surface area contributed by atoms with Crippen molar-refractivity contribution in [3.05, 3.63) is 54.9 Å². The Kier molecular flexibility index (Phi) is 5.30. The normalized spacial score (nSPS) is 19.7. The number of hydrogen-bond donors (Lipinski definition) is 1. The molecular weight excluding hydrogens is 352 g/mol. The number of carbonyl (C=O) groups excluding carboxylic acids is 1. The predicted octanol–water partition coefficient (Wildman–Crippen LogP) is 3.68. The Hall–Kier alpha value is -2.86. The van der Waals surface area contributed by atoms with E-state index in [4.69, 9.17) is 4.74 Å². The zero-order valence-corrected chi connectivity index (χ0v) is 16.3. The van der Waals surface area contributed by atoms with E-state index in [9.17, 15) is 4.79 Å². The summed E-state index contributed by atoms with van der Waals surface area (Å²) in [5.41, 5.74) is 1.87. The number of nitrogens with zero attached hydrogens (tertiary/aromatic N) is 3. The highest BCUT2D eigenvalue weighted by atomic mass is 16.5. The summed E-state index contributed by atoms with van der Waals surface area (Å²) in [4.78, 5) is 19.1. The molecule has 1 N–H and O–H groups in total. The van der Waals surface area contributed by atoms with Crippen LogP contribution < -0.4 is 10.2 Å². The van der Waals surface area contributed by atoms with Crippen LogP contribution >= 0.6 is 0 Å². The number of aromatic nitrogens is 2. The minimum atomic E-state index is -0.0130. The maximum atomic E-state index is 12.3. The fourth-order valence-corrected chi connectivity index (χ4v) is 3.79. The van der Waals surface area contributed by atoms with Crippen LogP contribution in [-0.4, -0.2) is 40.8 Å². The van der Waals surface area contributed by atoms with Crippen LogP contribution in [0.2, 0.25) is 0 Å². The maximum Gasteiger partial charge on any atom is 0.226 e. The molecule has 3 heterocycles. The molecule has 0 bridgehead atoms. The van der Waals surface area contributed by atoms with Gasteiger partial charge in [-0.3, -0.25) is 4.79 Å². The van der Waals surface area contributed by atoms with Crippen molar-refractivity contribution >= 4 is 28.3 Å². The van der Waals surface area contributed by atoms with Gasteiger partial charge in [0.25, 0.3) is 0 Å². The van der Waals surface area contributed by atoms with Gasteiger partial charge >= 0.3 is 0 Å². The van der Waals surface area contributed by atoms with E-state index in [-0.39, 0.29) is 18.1 Å². The monoisotopic (exact) mass is 378 g/mol. The lowest BCUT2D eigenvalue weighted by atomic mass is 10.2. The van der Waals surface area contributed by atoms with Crippen LogP contribution in [0, 0.1) is 0 Å². The molecule has 1 aromatic carbocycles. The largest absolute Gasteiger partial charge is 0.372 e. The first-order valence-electron chi connectivity index (χ1n) is 9.78. The molecule has 6 nitrogen and oxygen atoms in total. The first-order chi connectivity index (χ1) is 13.6. The topological polar surface area (TPSA) is 59.4 Å². The number of para-hydroxylation sites is 1. The summed E-state index contributed by atoms with van der Waals surface area (Å²) in [5, 5.41) is 4.13. The molecule has 1 saturated heterocycles. The van der Waals surface area contributed by atoms with Gasteiger partial charge in [0.1, 0.15) is 5.82 Å². The fraction of sp³-hybridized carbons (Fsp3) is 0.364. The van der Waals surface area contributed by atoms with Gasteiger partial charge in [-0.25, -0.2) is 4.98 Å². The first kappa shape index (κ1) is 18.5. The molecular formula is C22H26N4O2. The molecule has 2 atom stereocenters. The lowest BCUT2D eigenvalue weighted by Gasteiger charge is -2.36. The molecule has 0 radical (unpaired) electrons. The third-order valence-electron chi connectivity index (χ3n) is 5.04. The van der Waals surface area contributed by atoms with Gasteiger partial charge in [0, 0.05) is 37.8 Å². The van der Waals surface area contributed by atoms with E-state index >= 15 is 0 Å². The average Bonchev–Trinajstić information content (AvgIpc) is 3.09. The highest BCUT2D eigenvalue weighted by Gasteiger charge is 2.23. The third-order valence-corrected chi connectivity index (χ3v) is 5.04. The molecule has 28 heavy (non-hydrogen) atoms. The van der Waals surface area contributed by atoms with Crippen LogP contribution in [-0.2, 0) is 16.1 Å². The highest BCUT2D eigenvalue weighted by Crippen LogP contribution is 2.20. The SMILES string of the molecule is CC1CN(c2ccc(NC(=O)CCn3ccc4ccccc43)cn2)CC(C)O1. The molecule has 0 spiro atoms. The van der Waals surface area contributed by atoms with E-state index in [0.29, 0.717) is 13.0 Å². The number of ether oxygens (including phenoxy) is 1. The van der Waals surface area contributed by atoms with Crippen molar-refractivity contribution in [1.82, 2.24) is 9.55 Å². The number of rotatable bonds is 5. The van der Waals surface area contributed by atoms with Gasteiger partial charge in [-0.1, -0.05) is 18.2 Å². The van der Waals surface area contributed by atoms with Gasteiger partial charge in [-0.15, -0.1) is 0 Å². The fourth-order valence-electron chi connectivity index (χ4n) is 3.79. The van der Waals surface area contributed by atoms with Gasteiger partial charge in [0.15, 0.2) is 0 Å². The summed E-state index contributed by atoms with van der Waals surface area (Å²) in [7, 11) is 0. The standard InChI is InChI=1S/C22H26N4O2/c1-16-14-26(15-17(2)28-16)21-8-7-19(13-23-21)24-22(27)10-12-25-11-9-18-5-3-4-6-20(18)25/h3-9,11,13,16-17H,10,12,14-15H2,1-2H3,(H,24,27). The Bertz CT molecular complexity index is 941. The molecule has 2 unspecified atom stereocenters. The summed E-state index contributed by atoms with van der Waals surface area (Å²) in [5.74, 6) is 0.903. The number of pyridine rings is 1. The molecule has 4 rings (SSSR count). The average molecular weight is 378 g/mol. The second-order valence-corrected chi connectivity index (χ2v) is 7.43. The van der Waals surface area contributed by atoms with Gasteiger partial charge in [0.2, 0.25) is 5.91 Å². The molecule has 0 aliphatic carbocycles. The summed E-state index contributed by atoms with van der Waals surface area (Å²) in [6, 6.07) is 14.1. The van der Waals surface area contributed by atoms with Crippen LogP contribution in [0.25, 0.3) is 10.9 Å². The Morgan fingerprint density at radius 2 is 1.93 bits per heavy atom. The van der Waals surface area contributed by atoms with Gasteiger partial charge in [-0.05, 0) is 43.5 Å². The van der Waals surface area contributed by atoms with Crippen molar-refractivity contribution in [2.24, 2.45) is 0 Å². The quantitative estimate of drug-likeness (QED) is 0.736. The summed E-state index contributed by atoms with van der Waals surface area (Å²) in [6.07, 6.45) is 4.55. The number of aryl methyl sites for hydroxylation is 1. The second kappa shape index (κ2) is 8.02. The molecule has 0 saturated carbocycles. The van der Waals surface area contributed by atoms with Crippen molar-refractivity contribution < 1.29 is 9.53 Å².